The van der Waals surface area contributed by atoms with Gasteiger partial charge < -0.3 is 15.7 Å². The zero-order valence-electron chi connectivity index (χ0n) is 17.0. The highest BCUT2D eigenvalue weighted by Crippen LogP contribution is 2.46. The van der Waals surface area contributed by atoms with Gasteiger partial charge in [0.1, 0.15) is 0 Å². The highest BCUT2D eigenvalue weighted by Gasteiger charge is 2.48. The summed E-state index contributed by atoms with van der Waals surface area (Å²) in [6.45, 7) is 4.02. The predicted octanol–water partition coefficient (Wildman–Crippen LogP) is 3.37. The summed E-state index contributed by atoms with van der Waals surface area (Å²) in [4.78, 5) is 28.1. The molecule has 4 atom stereocenters. The van der Waals surface area contributed by atoms with E-state index in [0.717, 1.165) is 36.0 Å². The number of primary amides is 1. The maximum absolute atomic E-state index is 13.7. The first-order valence-electron chi connectivity index (χ1n) is 10.4. The Balaban J connectivity index is 1.94. The molecule has 152 valence electrons. The Labute approximate surface area is 171 Å². The Kier molecular flexibility index (Phi) is 5.17. The minimum absolute atomic E-state index is 0.131. The molecule has 0 aromatic heterocycles. The van der Waals surface area contributed by atoms with E-state index in [9.17, 15) is 14.7 Å². The smallest absolute Gasteiger partial charge is 0.255 e. The Hall–Kier alpha value is -2.66. The lowest BCUT2D eigenvalue weighted by molar-refractivity contribution is -0.121. The summed E-state index contributed by atoms with van der Waals surface area (Å²) in [6, 6.07) is 12.4. The van der Waals surface area contributed by atoms with Gasteiger partial charge in [-0.25, -0.2) is 0 Å². The topological polar surface area (TPSA) is 83.6 Å². The fraction of sp³-hybridized carbons (Fsp3) is 0.417. The molecule has 5 heteroatoms. The summed E-state index contributed by atoms with van der Waals surface area (Å²) >= 11 is 0. The monoisotopic (exact) mass is 392 g/mol. The van der Waals surface area contributed by atoms with E-state index < -0.39 is 24.0 Å². The maximum atomic E-state index is 13.7. The number of amides is 2. The summed E-state index contributed by atoms with van der Waals surface area (Å²) in [6.07, 6.45) is 2.69. The van der Waals surface area contributed by atoms with Crippen molar-refractivity contribution in [2.45, 2.75) is 63.6 Å². The first kappa shape index (κ1) is 19.6. The van der Waals surface area contributed by atoms with Crippen LogP contribution in [0.4, 0.5) is 0 Å². The van der Waals surface area contributed by atoms with Crippen LogP contribution in [0.3, 0.4) is 0 Å². The molecule has 4 rings (SSSR count). The van der Waals surface area contributed by atoms with E-state index in [2.05, 4.69) is 6.07 Å². The molecule has 1 saturated carbocycles. The molecule has 3 N–H and O–H groups in total. The summed E-state index contributed by atoms with van der Waals surface area (Å²) in [7, 11) is 0. The molecule has 2 aromatic rings. The number of carbonyl (C=O) groups excluding carboxylic acids is 2. The van der Waals surface area contributed by atoms with Crippen molar-refractivity contribution in [2.75, 3.05) is 0 Å². The number of aliphatic hydroxyl groups is 1. The second kappa shape index (κ2) is 7.64. The molecule has 2 aromatic carbocycles. The van der Waals surface area contributed by atoms with Crippen molar-refractivity contribution in [2.24, 2.45) is 5.73 Å². The maximum Gasteiger partial charge on any atom is 0.255 e. The van der Waals surface area contributed by atoms with Gasteiger partial charge in [0.05, 0.1) is 24.1 Å². The van der Waals surface area contributed by atoms with Crippen molar-refractivity contribution in [3.63, 3.8) is 0 Å². The molecule has 0 radical (unpaired) electrons. The van der Waals surface area contributed by atoms with Crippen LogP contribution < -0.4 is 5.73 Å². The van der Waals surface area contributed by atoms with Crippen LogP contribution in [0.25, 0.3) is 0 Å². The van der Waals surface area contributed by atoms with Gasteiger partial charge in [0.2, 0.25) is 5.91 Å². The van der Waals surface area contributed by atoms with Gasteiger partial charge in [-0.15, -0.1) is 0 Å². The molecular weight excluding hydrogens is 364 g/mol. The van der Waals surface area contributed by atoms with Gasteiger partial charge in [-0.2, -0.15) is 0 Å². The second-order valence-corrected chi connectivity index (χ2v) is 8.40. The zero-order valence-corrected chi connectivity index (χ0v) is 17.0. The van der Waals surface area contributed by atoms with Gasteiger partial charge in [0.15, 0.2) is 0 Å². The van der Waals surface area contributed by atoms with Crippen LogP contribution in [-0.2, 0) is 4.79 Å². The molecule has 29 heavy (non-hydrogen) atoms. The third kappa shape index (κ3) is 3.33. The van der Waals surface area contributed by atoms with Gasteiger partial charge in [0.25, 0.3) is 5.91 Å². The number of hydrogen-bond donors (Lipinski definition) is 2. The summed E-state index contributed by atoms with van der Waals surface area (Å²) < 4.78 is 0. The van der Waals surface area contributed by atoms with Crippen LogP contribution in [0.15, 0.2) is 42.5 Å². The lowest BCUT2D eigenvalue weighted by atomic mass is 9.76. The van der Waals surface area contributed by atoms with Crippen molar-refractivity contribution in [3.05, 3.63) is 70.3 Å². The Morgan fingerprint density at radius 1 is 1.07 bits per heavy atom. The number of aliphatic hydroxyl groups excluding tert-OH is 1. The van der Waals surface area contributed by atoms with Crippen LogP contribution in [0.2, 0.25) is 0 Å². The zero-order chi connectivity index (χ0) is 20.7. The Bertz CT molecular complexity index is 955. The van der Waals surface area contributed by atoms with E-state index in [-0.39, 0.29) is 11.9 Å². The highest BCUT2D eigenvalue weighted by molar-refractivity contribution is 6.01. The van der Waals surface area contributed by atoms with E-state index >= 15 is 0 Å². The molecule has 1 aliphatic heterocycles. The lowest BCUT2D eigenvalue weighted by Crippen LogP contribution is -2.55. The minimum atomic E-state index is -0.653. The average molecular weight is 392 g/mol. The van der Waals surface area contributed by atoms with Crippen LogP contribution in [0.5, 0.6) is 0 Å². The van der Waals surface area contributed by atoms with Crippen molar-refractivity contribution in [3.8, 4) is 0 Å². The van der Waals surface area contributed by atoms with Crippen molar-refractivity contribution < 1.29 is 14.7 Å². The van der Waals surface area contributed by atoms with E-state index in [1.807, 2.05) is 44.2 Å². The van der Waals surface area contributed by atoms with Crippen LogP contribution in [0.1, 0.15) is 70.3 Å². The molecule has 0 bridgehead atoms. The van der Waals surface area contributed by atoms with Gasteiger partial charge in [-0.1, -0.05) is 54.8 Å². The van der Waals surface area contributed by atoms with Crippen LogP contribution in [-0.4, -0.2) is 34.0 Å². The third-order valence-corrected chi connectivity index (χ3v) is 6.48. The molecule has 2 amide bonds. The largest absolute Gasteiger partial charge is 0.391 e. The normalized spacial score (nSPS) is 26.9. The van der Waals surface area contributed by atoms with E-state index in [4.69, 9.17) is 5.73 Å². The number of rotatable bonds is 3. The van der Waals surface area contributed by atoms with Crippen molar-refractivity contribution in [1.29, 1.82) is 0 Å². The van der Waals surface area contributed by atoms with Gasteiger partial charge in [0, 0.05) is 5.56 Å². The van der Waals surface area contributed by atoms with E-state index in [0.29, 0.717) is 17.5 Å². The van der Waals surface area contributed by atoms with Gasteiger partial charge in [-0.05, 0) is 49.4 Å². The molecule has 1 aliphatic carbocycles. The standard InChI is InChI=1S/C24H28N2O3/c1-14-11-12-16(15(2)13-14)22-21(23(25)28)17-7-3-4-8-18(17)24(29)26(22)19-9-5-6-10-20(19)27/h3-4,7-8,11-13,19-22,27H,5-6,9-10H2,1-2H3,(H2,25,28). The summed E-state index contributed by atoms with van der Waals surface area (Å²) in [5, 5.41) is 10.8. The number of nitrogens with zero attached hydrogens (tertiary/aromatic N) is 1. The van der Waals surface area contributed by atoms with Crippen molar-refractivity contribution >= 4 is 11.8 Å². The fourth-order valence-electron chi connectivity index (χ4n) is 5.13. The molecule has 0 spiro atoms. The Morgan fingerprint density at radius 2 is 1.79 bits per heavy atom. The molecule has 4 unspecified atom stereocenters. The molecule has 1 fully saturated rings. The number of fused-ring (bicyclic) bond motifs is 1. The first-order valence-corrected chi connectivity index (χ1v) is 10.4. The lowest BCUT2D eigenvalue weighted by Gasteiger charge is -2.48. The van der Waals surface area contributed by atoms with Crippen LogP contribution >= 0.6 is 0 Å². The first-order chi connectivity index (χ1) is 13.9. The molecule has 0 saturated heterocycles. The summed E-state index contributed by atoms with van der Waals surface area (Å²) in [5.41, 5.74) is 10.2. The third-order valence-electron chi connectivity index (χ3n) is 6.48. The molecule has 5 nitrogen and oxygen atoms in total. The van der Waals surface area contributed by atoms with E-state index in [1.54, 1.807) is 11.0 Å². The molecule has 2 aliphatic rings. The molecular formula is C24H28N2O3. The number of carbonyl (C=O) groups is 2. The van der Waals surface area contributed by atoms with E-state index in [1.165, 1.54) is 0 Å². The van der Waals surface area contributed by atoms with Gasteiger partial charge in [-0.3, -0.25) is 9.59 Å². The number of benzene rings is 2. The summed E-state index contributed by atoms with van der Waals surface area (Å²) in [5.74, 6) is -1.24. The average Bonchev–Trinajstić information content (AvgIpc) is 2.69. The number of nitrogens with two attached hydrogens (primary N) is 1. The number of hydrogen-bond acceptors (Lipinski definition) is 3. The molecule has 1 heterocycles. The number of aryl methyl sites for hydroxylation is 2. The highest BCUT2D eigenvalue weighted by atomic mass is 16.3. The van der Waals surface area contributed by atoms with Crippen LogP contribution in [0, 0.1) is 13.8 Å². The second-order valence-electron chi connectivity index (χ2n) is 8.40. The predicted molar refractivity (Wildman–Crippen MR) is 111 cm³/mol. The fourth-order valence-corrected chi connectivity index (χ4v) is 5.13. The van der Waals surface area contributed by atoms with Gasteiger partial charge >= 0.3 is 0 Å². The Morgan fingerprint density at radius 3 is 2.48 bits per heavy atom. The SMILES string of the molecule is Cc1ccc(C2C(C(N)=O)c3ccccc3C(=O)N2C2CCCCC2O)c(C)c1. The minimum Gasteiger partial charge on any atom is -0.391 e. The van der Waals surface area contributed by atoms with Crippen molar-refractivity contribution in [1.82, 2.24) is 4.90 Å². The quantitative estimate of drug-likeness (QED) is 0.840.